The van der Waals surface area contributed by atoms with Gasteiger partial charge in [-0.05, 0) is 99.7 Å². The van der Waals surface area contributed by atoms with E-state index in [-0.39, 0.29) is 75.2 Å². The summed E-state index contributed by atoms with van der Waals surface area (Å²) in [5.74, 6) is -32.0. The van der Waals surface area contributed by atoms with E-state index < -0.39 is 346 Å². The van der Waals surface area contributed by atoms with Crippen molar-refractivity contribution in [3.63, 3.8) is 0 Å². The highest BCUT2D eigenvalue weighted by Gasteiger charge is 2.43. The number of carboxylic acids is 5. The predicted octanol–water partition coefficient (Wildman–Crippen LogP) is -8.45. The molecule has 52 nitrogen and oxygen atoms in total. The third kappa shape index (κ3) is 45.2. The highest BCUT2D eigenvalue weighted by molar-refractivity contribution is 7.80. The minimum atomic E-state index is -2.15. The SMILES string of the molecule is CC[C@H](C)[C@H](NC(=O)[C@H](CC(C)C)NC(=O)CNC(=O)[C@@H](NC(=O)[C@H](CO)NC(=O)[C@H](CS)NC(=O)[C@@H](NC(=O)CNC(=O)[C@@H](NC(=O)[C@H](CC(=O)O)NC(=O)[C@H](CO)NC(=O)[C@H](CC(=O)O)NC(=O)[C@H](CCC(=O)O)NC(=O)[C@H](CC(C)C)NC(=O)CN)[C@@H](C)CC)C(C)C)[C@@H](C)O)C(=O)NCC(=O)N[C@@H](CCC(=O)O)C(=O)N[C@@H](CC(C)C)C(=O)N[C@@H](CC(C)C)C(=O)N1CCC[C@H]1C(=O)O. The van der Waals surface area contributed by atoms with Crippen molar-refractivity contribution in [1.29, 1.82) is 0 Å². The lowest BCUT2D eigenvalue weighted by Crippen LogP contribution is -2.62. The molecule has 0 aromatic heterocycles. The number of aliphatic hydroxyl groups is 3. The number of nitrogens with two attached hydrogens (primary N) is 1. The normalized spacial score (nSPS) is 16.3. The molecule has 19 atom stereocenters. The van der Waals surface area contributed by atoms with Crippen LogP contribution in [0.25, 0.3) is 0 Å². The second kappa shape index (κ2) is 62.3. The van der Waals surface area contributed by atoms with E-state index in [9.17, 15) is 156 Å². The van der Waals surface area contributed by atoms with Crippen LogP contribution < -0.4 is 101 Å². The molecular weight excluding hydrogens is 1850 g/mol. The Bertz CT molecular complexity index is 4230. The lowest BCUT2D eigenvalue weighted by atomic mass is 9.96. The number of aliphatic hydroxyl groups excluding tert-OH is 3. The standard InChI is InChI=1S/C85H142N20O32S/c1-16-43(13)67(80(131)87-32-59(110)90-46(20-22-62(113)114)70(121)94-50(27-40(7)8)73(124)97-53(28-41(9)10)84(135)105-24-18-19-57(105)85(136)137)102-75(126)49(26-39(5)6)92-60(111)33-89-82(133)69(45(15)108)104-78(129)55(36-107)99-79(130)56(37-138)100-83(134)66(42(11)12)101-61(112)34-88-81(132)68(44(14)17-2)103-76(127)52(30-65(119)120)96-77(128)54(35-106)98-74(125)51(29-64(117)118)95-71(122)47(21-23-63(115)116)93-72(123)48(25-38(3)4)91-58(109)31-86/h38-57,66-69,106-108,138H,16-37,86H2,1-15H3,(H,87,131)(H,88,132)(H,89,133)(H,90,110)(H,91,109)(H,92,111)(H,93,123)(H,94,121)(H,95,122)(H,96,128)(H,97,124)(H,98,125)(H,99,130)(H,100,134)(H,101,112)(H,102,126)(H,103,127)(H,104,129)(H,113,114)(H,115,116)(H,117,118)(H,119,120)(H,136,137)/t43-,44-,45+,46-,47-,48-,49-,50-,51-,52-,53-,54-,55-,56-,57-,66-,67-,68-,69-/m0/s1. The first-order valence-corrected chi connectivity index (χ1v) is 46.0. The number of aliphatic carboxylic acids is 5. The molecule has 0 spiro atoms. The van der Waals surface area contributed by atoms with Crippen LogP contribution >= 0.6 is 12.6 Å². The van der Waals surface area contributed by atoms with Crippen LogP contribution in [0, 0.1) is 41.4 Å². The molecule has 19 amide bonds. The first-order chi connectivity index (χ1) is 64.4. The van der Waals surface area contributed by atoms with Crippen molar-refractivity contribution in [2.45, 2.75) is 297 Å². The first-order valence-electron chi connectivity index (χ1n) is 45.4. The Morgan fingerprint density at radius 3 is 1.01 bits per heavy atom. The van der Waals surface area contributed by atoms with Crippen LogP contribution in [0.1, 0.15) is 194 Å². The molecule has 0 aromatic carbocycles. The highest BCUT2D eigenvalue weighted by atomic mass is 32.1. The maximum Gasteiger partial charge on any atom is 0.326 e. The van der Waals surface area contributed by atoms with E-state index in [1.54, 1.807) is 76.2 Å². The van der Waals surface area contributed by atoms with E-state index in [4.69, 9.17) is 5.73 Å². The summed E-state index contributed by atoms with van der Waals surface area (Å²) < 4.78 is 0. The average Bonchev–Trinajstić information content (AvgIpc) is 1.68. The Morgan fingerprint density at radius 2 is 0.638 bits per heavy atom. The van der Waals surface area contributed by atoms with Gasteiger partial charge in [-0.2, -0.15) is 12.6 Å². The number of hydrogen-bond acceptors (Lipinski definition) is 29. The lowest BCUT2D eigenvalue weighted by Gasteiger charge is -2.30. The molecule has 138 heavy (non-hydrogen) atoms. The van der Waals surface area contributed by atoms with Gasteiger partial charge in [-0.1, -0.05) is 110 Å². The van der Waals surface area contributed by atoms with Crippen LogP contribution in [0.3, 0.4) is 0 Å². The molecule has 1 fully saturated rings. The van der Waals surface area contributed by atoms with Gasteiger partial charge in [0, 0.05) is 25.1 Å². The second-order valence-corrected chi connectivity index (χ2v) is 36.0. The van der Waals surface area contributed by atoms with Crippen molar-refractivity contribution in [1.82, 2.24) is 101 Å². The molecular formula is C85H142N20O32S. The van der Waals surface area contributed by atoms with Gasteiger partial charge in [0.25, 0.3) is 0 Å². The van der Waals surface area contributed by atoms with Gasteiger partial charge in [-0.3, -0.25) is 110 Å². The van der Waals surface area contributed by atoms with Gasteiger partial charge in [0.1, 0.15) is 96.7 Å². The van der Waals surface area contributed by atoms with E-state index >= 15 is 0 Å². The smallest absolute Gasteiger partial charge is 0.326 e. The third-order valence-corrected chi connectivity index (χ3v) is 22.0. The van der Waals surface area contributed by atoms with Gasteiger partial charge in [0.15, 0.2) is 0 Å². The number of nitrogens with zero attached hydrogens (tertiary/aromatic N) is 1. The maximum atomic E-state index is 14.1. The van der Waals surface area contributed by atoms with Crippen molar-refractivity contribution in [2.75, 3.05) is 51.7 Å². The van der Waals surface area contributed by atoms with Crippen molar-refractivity contribution >= 4 is 155 Å². The number of rotatable bonds is 65. The fraction of sp³-hybridized carbons (Fsp3) is 0.718. The Morgan fingerprint density at radius 1 is 0.341 bits per heavy atom. The summed E-state index contributed by atoms with van der Waals surface area (Å²) in [5, 5.41) is 121. The Hall–Kier alpha value is -12.5. The van der Waals surface area contributed by atoms with E-state index in [1.165, 1.54) is 25.7 Å². The first kappa shape index (κ1) is 123. The zero-order valence-corrected chi connectivity index (χ0v) is 81.2. The van der Waals surface area contributed by atoms with Crippen LogP contribution in [-0.2, 0) is 115 Å². The van der Waals surface area contributed by atoms with E-state index in [0.29, 0.717) is 6.42 Å². The summed E-state index contributed by atoms with van der Waals surface area (Å²) >= 11 is 4.14. The molecule has 0 bridgehead atoms. The van der Waals surface area contributed by atoms with Crippen LogP contribution in [0.5, 0.6) is 0 Å². The highest BCUT2D eigenvalue weighted by Crippen LogP contribution is 2.22. The monoisotopic (exact) mass is 1990 g/mol. The predicted molar refractivity (Wildman–Crippen MR) is 489 cm³/mol. The minimum Gasteiger partial charge on any atom is -0.481 e. The fourth-order valence-corrected chi connectivity index (χ4v) is 14.0. The summed E-state index contributed by atoms with van der Waals surface area (Å²) in [4.78, 5) is 320. The number of carboxylic acid groups (broad SMARTS) is 5. The molecule has 0 radical (unpaired) electrons. The van der Waals surface area contributed by atoms with Crippen molar-refractivity contribution in [3.8, 4) is 0 Å². The zero-order chi connectivity index (χ0) is 106. The summed E-state index contributed by atoms with van der Waals surface area (Å²) in [6, 6.07) is -26.3. The van der Waals surface area contributed by atoms with Gasteiger partial charge in [-0.25, -0.2) is 4.79 Å². The molecule has 0 aliphatic carbocycles. The number of nitrogens with one attached hydrogen (secondary N) is 18. The molecule has 780 valence electrons. The Kier molecular flexibility index (Phi) is 55.8. The molecule has 28 N–H and O–H groups in total. The van der Waals surface area contributed by atoms with Gasteiger partial charge in [0.2, 0.25) is 112 Å². The number of likely N-dealkylation sites (tertiary alicyclic amines) is 1. The van der Waals surface area contributed by atoms with Crippen LogP contribution in [-0.4, -0.2) is 342 Å². The summed E-state index contributed by atoms with van der Waals surface area (Å²) in [6.45, 7) is 18.4. The molecule has 1 saturated heterocycles. The number of carbonyl (C=O) groups excluding carboxylic acids is 19. The van der Waals surface area contributed by atoms with Gasteiger partial charge in [-0.15, -0.1) is 0 Å². The number of amides is 19. The zero-order valence-electron chi connectivity index (χ0n) is 80.3. The molecule has 1 heterocycles. The van der Waals surface area contributed by atoms with Crippen molar-refractivity contribution in [2.24, 2.45) is 47.2 Å². The third-order valence-electron chi connectivity index (χ3n) is 21.6. The Labute approximate surface area is 803 Å². The second-order valence-electron chi connectivity index (χ2n) is 35.6. The molecule has 1 rings (SSSR count). The largest absolute Gasteiger partial charge is 0.481 e. The molecule has 1 aliphatic heterocycles. The van der Waals surface area contributed by atoms with Gasteiger partial charge in [0.05, 0.1) is 58.3 Å². The Balaban J connectivity index is 3.25. The van der Waals surface area contributed by atoms with Gasteiger partial charge >= 0.3 is 29.8 Å². The lowest BCUT2D eigenvalue weighted by molar-refractivity contribution is -0.149. The fourth-order valence-electron chi connectivity index (χ4n) is 13.8. The van der Waals surface area contributed by atoms with Crippen LogP contribution in [0.4, 0.5) is 0 Å². The van der Waals surface area contributed by atoms with Gasteiger partial charge < -0.3 is 147 Å². The van der Waals surface area contributed by atoms with E-state index in [2.05, 4.69) is 92.4 Å². The molecule has 1 aliphatic rings. The quantitative estimate of drug-likeness (QED) is 0.0252. The summed E-state index contributed by atoms with van der Waals surface area (Å²) in [5.41, 5.74) is 5.38. The molecule has 53 heteroatoms. The van der Waals surface area contributed by atoms with Crippen molar-refractivity contribution < 1.29 is 156 Å². The molecule has 0 unspecified atom stereocenters. The minimum absolute atomic E-state index is 0.00266. The number of hydrogen-bond donors (Lipinski definition) is 28. The molecule has 0 saturated carbocycles. The topological polar surface area (TPSA) is 817 Å². The number of carbonyl (C=O) groups is 24. The van der Waals surface area contributed by atoms with Crippen LogP contribution in [0.15, 0.2) is 0 Å². The van der Waals surface area contributed by atoms with E-state index in [0.717, 1.165) is 6.92 Å². The number of thiol groups is 1. The summed E-state index contributed by atoms with van der Waals surface area (Å²) in [6.07, 6.45) is -5.82. The van der Waals surface area contributed by atoms with Crippen LogP contribution in [0.2, 0.25) is 0 Å². The van der Waals surface area contributed by atoms with E-state index in [1.807, 2.05) is 16.0 Å². The van der Waals surface area contributed by atoms with Crippen molar-refractivity contribution in [3.05, 3.63) is 0 Å². The average molecular weight is 1990 g/mol. The maximum absolute atomic E-state index is 14.1. The summed E-state index contributed by atoms with van der Waals surface area (Å²) in [7, 11) is 0. The molecule has 0 aromatic rings.